The van der Waals surface area contributed by atoms with E-state index < -0.39 is 16.9 Å². The Morgan fingerprint density at radius 3 is 2.69 bits per heavy atom. The molecule has 0 spiro atoms. The Hall–Kier alpha value is -2.77. The van der Waals surface area contributed by atoms with Crippen molar-refractivity contribution in [2.45, 2.75) is 24.3 Å². The number of nitrogens with zero attached hydrogens (tertiary/aromatic N) is 2. The van der Waals surface area contributed by atoms with Crippen molar-refractivity contribution in [3.8, 4) is 16.9 Å². The SMILES string of the molecule is CC(OC=O)c1ccc2c(c1)-c1nn(-c3ccc(Cl)cc3)c(=O)cc1CCS2=O. The van der Waals surface area contributed by atoms with Crippen molar-refractivity contribution in [2.75, 3.05) is 5.75 Å². The Labute approximate surface area is 174 Å². The van der Waals surface area contributed by atoms with Gasteiger partial charge in [-0.2, -0.15) is 9.78 Å². The fourth-order valence-electron chi connectivity index (χ4n) is 3.34. The fraction of sp³-hybridized carbons (Fsp3) is 0.190. The molecule has 6 nitrogen and oxygen atoms in total. The van der Waals surface area contributed by atoms with Gasteiger partial charge in [-0.1, -0.05) is 17.7 Å². The van der Waals surface area contributed by atoms with E-state index in [0.29, 0.717) is 45.5 Å². The molecule has 1 aromatic heterocycles. The van der Waals surface area contributed by atoms with Crippen molar-refractivity contribution >= 4 is 28.9 Å². The summed E-state index contributed by atoms with van der Waals surface area (Å²) in [5.41, 5.74) is 3.09. The van der Waals surface area contributed by atoms with Crippen LogP contribution in [0.1, 0.15) is 24.2 Å². The van der Waals surface area contributed by atoms with Crippen molar-refractivity contribution in [3.05, 3.63) is 75.0 Å². The zero-order valence-corrected chi connectivity index (χ0v) is 17.1. The number of carbonyl (C=O) groups is 1. The Balaban J connectivity index is 1.93. The lowest BCUT2D eigenvalue weighted by molar-refractivity contribution is -0.133. The summed E-state index contributed by atoms with van der Waals surface area (Å²) in [7, 11) is -1.22. The molecular weight excluding hydrogens is 412 g/mol. The number of carbonyl (C=O) groups excluding carboxylic acids is 1. The zero-order chi connectivity index (χ0) is 20.5. The Bertz CT molecular complexity index is 1170. The van der Waals surface area contributed by atoms with Crippen LogP contribution < -0.4 is 5.56 Å². The molecule has 1 aliphatic rings. The number of hydrogen-bond donors (Lipinski definition) is 0. The van der Waals surface area contributed by atoms with Crippen molar-refractivity contribution in [2.24, 2.45) is 0 Å². The molecule has 0 aliphatic carbocycles. The molecule has 2 unspecified atom stereocenters. The van der Waals surface area contributed by atoms with E-state index in [0.717, 1.165) is 11.1 Å². The first-order valence-electron chi connectivity index (χ1n) is 8.99. The minimum absolute atomic E-state index is 0.269. The standard InChI is InChI=1S/C21H17ClN2O4S/c1-13(28-12-25)14-2-7-19-18(10-14)21-15(8-9-29(19)27)11-20(26)24(23-21)17-5-3-16(22)4-6-17/h2-7,10-13H,8-9H2,1H3. The summed E-state index contributed by atoms with van der Waals surface area (Å²) in [6.07, 6.45) is 0.0240. The maximum atomic E-state index is 12.8. The third-order valence-electron chi connectivity index (χ3n) is 4.87. The molecule has 148 valence electrons. The van der Waals surface area contributed by atoms with Crippen LogP contribution in [0.4, 0.5) is 0 Å². The van der Waals surface area contributed by atoms with Crippen molar-refractivity contribution in [1.82, 2.24) is 9.78 Å². The molecular formula is C21H17ClN2O4S. The van der Waals surface area contributed by atoms with Gasteiger partial charge in [-0.05, 0) is 60.9 Å². The van der Waals surface area contributed by atoms with Crippen LogP contribution in [0.25, 0.3) is 16.9 Å². The molecule has 0 fully saturated rings. The van der Waals surface area contributed by atoms with E-state index in [4.69, 9.17) is 16.3 Å². The quantitative estimate of drug-likeness (QED) is 0.595. The highest BCUT2D eigenvalue weighted by Crippen LogP contribution is 2.34. The molecule has 3 aromatic rings. The molecule has 0 N–H and O–H groups in total. The number of fused-ring (bicyclic) bond motifs is 3. The van der Waals surface area contributed by atoms with Gasteiger partial charge in [0.1, 0.15) is 6.10 Å². The summed E-state index contributed by atoms with van der Waals surface area (Å²) in [4.78, 5) is 24.0. The van der Waals surface area contributed by atoms with Gasteiger partial charge >= 0.3 is 0 Å². The van der Waals surface area contributed by atoms with Crippen LogP contribution in [0.2, 0.25) is 5.02 Å². The predicted octanol–water partition coefficient (Wildman–Crippen LogP) is 3.45. The number of aryl methyl sites for hydroxylation is 1. The fourth-order valence-corrected chi connectivity index (χ4v) is 4.71. The monoisotopic (exact) mass is 428 g/mol. The van der Waals surface area contributed by atoms with E-state index in [1.54, 1.807) is 49.4 Å². The lowest BCUT2D eigenvalue weighted by Crippen LogP contribution is -2.22. The van der Waals surface area contributed by atoms with Crippen LogP contribution in [0.3, 0.4) is 0 Å². The summed E-state index contributed by atoms with van der Waals surface area (Å²) in [5.74, 6) is 0.409. The normalized spacial score (nSPS) is 16.3. The summed E-state index contributed by atoms with van der Waals surface area (Å²) in [6.45, 7) is 2.16. The summed E-state index contributed by atoms with van der Waals surface area (Å²) < 4.78 is 19.1. The molecule has 0 radical (unpaired) electrons. The molecule has 0 amide bonds. The highest BCUT2D eigenvalue weighted by atomic mass is 35.5. The van der Waals surface area contributed by atoms with Gasteiger partial charge in [0.15, 0.2) is 0 Å². The van der Waals surface area contributed by atoms with Gasteiger partial charge in [-0.25, -0.2) is 0 Å². The van der Waals surface area contributed by atoms with Crippen LogP contribution in [-0.4, -0.2) is 26.2 Å². The number of hydrogen-bond acceptors (Lipinski definition) is 5. The highest BCUT2D eigenvalue weighted by molar-refractivity contribution is 7.85. The zero-order valence-electron chi connectivity index (χ0n) is 15.5. The van der Waals surface area contributed by atoms with Gasteiger partial charge < -0.3 is 4.74 Å². The lowest BCUT2D eigenvalue weighted by atomic mass is 10.0. The number of rotatable bonds is 4. The molecule has 8 heteroatoms. The number of ether oxygens (including phenoxy) is 1. The van der Waals surface area contributed by atoms with E-state index in [1.165, 1.54) is 4.68 Å². The summed E-state index contributed by atoms with van der Waals surface area (Å²) in [6, 6.07) is 13.8. The molecule has 2 aromatic carbocycles. The van der Waals surface area contributed by atoms with Gasteiger partial charge in [-0.15, -0.1) is 0 Å². The molecule has 0 saturated carbocycles. The van der Waals surface area contributed by atoms with Crippen LogP contribution in [0, 0.1) is 0 Å². The lowest BCUT2D eigenvalue weighted by Gasteiger charge is -2.15. The molecule has 0 bridgehead atoms. The number of aromatic nitrogens is 2. The van der Waals surface area contributed by atoms with E-state index in [2.05, 4.69) is 5.10 Å². The predicted molar refractivity (Wildman–Crippen MR) is 111 cm³/mol. The minimum Gasteiger partial charge on any atom is -0.460 e. The van der Waals surface area contributed by atoms with E-state index in [9.17, 15) is 13.8 Å². The first-order chi connectivity index (χ1) is 14.0. The first-order valence-corrected chi connectivity index (χ1v) is 10.7. The number of benzene rings is 2. The second kappa shape index (κ2) is 7.93. The molecule has 29 heavy (non-hydrogen) atoms. The highest BCUT2D eigenvalue weighted by Gasteiger charge is 2.23. The topological polar surface area (TPSA) is 78.3 Å². The average molecular weight is 429 g/mol. The third kappa shape index (κ3) is 3.75. The Morgan fingerprint density at radius 1 is 1.21 bits per heavy atom. The van der Waals surface area contributed by atoms with E-state index >= 15 is 0 Å². The van der Waals surface area contributed by atoms with Crippen LogP contribution in [-0.2, 0) is 26.8 Å². The van der Waals surface area contributed by atoms with Gasteiger partial charge in [-0.3, -0.25) is 13.8 Å². The molecule has 0 saturated heterocycles. The first kappa shape index (κ1) is 19.5. The third-order valence-corrected chi connectivity index (χ3v) is 6.55. The van der Waals surface area contributed by atoms with E-state index in [-0.39, 0.29) is 5.56 Å². The van der Waals surface area contributed by atoms with Crippen molar-refractivity contribution in [3.63, 3.8) is 0 Å². The molecule has 1 aliphatic heterocycles. The Morgan fingerprint density at radius 2 is 1.97 bits per heavy atom. The smallest absolute Gasteiger partial charge is 0.293 e. The molecule has 4 rings (SSSR count). The Kier molecular flexibility index (Phi) is 5.34. The maximum Gasteiger partial charge on any atom is 0.293 e. The average Bonchev–Trinajstić information content (AvgIpc) is 2.85. The second-order valence-corrected chi connectivity index (χ2v) is 8.65. The van der Waals surface area contributed by atoms with Crippen LogP contribution in [0.5, 0.6) is 0 Å². The van der Waals surface area contributed by atoms with Crippen molar-refractivity contribution in [1.29, 1.82) is 0 Å². The van der Waals surface area contributed by atoms with Crippen molar-refractivity contribution < 1.29 is 13.7 Å². The largest absolute Gasteiger partial charge is 0.460 e. The molecule has 2 heterocycles. The second-order valence-electron chi connectivity index (χ2n) is 6.67. The van der Waals surface area contributed by atoms with Gasteiger partial charge in [0.2, 0.25) is 0 Å². The minimum atomic E-state index is -1.22. The van der Waals surface area contributed by atoms with Gasteiger partial charge in [0.25, 0.3) is 12.0 Å². The molecule has 2 atom stereocenters. The van der Waals surface area contributed by atoms with Gasteiger partial charge in [0.05, 0.1) is 22.2 Å². The number of halogens is 1. The van der Waals surface area contributed by atoms with Gasteiger partial charge in [0, 0.05) is 27.3 Å². The maximum absolute atomic E-state index is 12.8. The summed E-state index contributed by atoms with van der Waals surface area (Å²) >= 11 is 5.95. The van der Waals surface area contributed by atoms with Crippen LogP contribution in [0.15, 0.2) is 58.2 Å². The summed E-state index contributed by atoms with van der Waals surface area (Å²) in [5, 5.41) is 5.17. The van der Waals surface area contributed by atoms with Crippen LogP contribution >= 0.6 is 11.6 Å². The van der Waals surface area contributed by atoms with E-state index in [1.807, 2.05) is 6.07 Å².